The first kappa shape index (κ1) is 19.1. The van der Waals surface area contributed by atoms with E-state index in [4.69, 9.17) is 0 Å². The number of hydrogen-bond donors (Lipinski definition) is 1. The number of thioether (sulfide) groups is 1. The van der Waals surface area contributed by atoms with E-state index >= 15 is 0 Å². The van der Waals surface area contributed by atoms with Gasteiger partial charge in [-0.05, 0) is 43.3 Å². The summed E-state index contributed by atoms with van der Waals surface area (Å²) in [4.78, 5) is 16.0. The summed E-state index contributed by atoms with van der Waals surface area (Å²) in [5.74, 6) is -11.2. The number of carbonyl (C=O) groups is 1. The van der Waals surface area contributed by atoms with Gasteiger partial charge in [0, 0.05) is 0 Å². The SMILES string of the molecule is Cc1ccc(N=C2NC(=O)/C(=C\c3c(F)c(F)c(F)c(F)c3F)S2)c(C)c1. The number of amidine groups is 1. The van der Waals surface area contributed by atoms with Crippen LogP contribution >= 0.6 is 11.8 Å². The Hall–Kier alpha value is -2.68. The maximum Gasteiger partial charge on any atom is 0.264 e. The third-order valence-corrected chi connectivity index (χ3v) is 4.65. The highest BCUT2D eigenvalue weighted by molar-refractivity contribution is 8.18. The molecule has 3 rings (SSSR count). The highest BCUT2D eigenvalue weighted by Crippen LogP contribution is 2.32. The van der Waals surface area contributed by atoms with Crippen molar-refractivity contribution in [1.29, 1.82) is 0 Å². The molecule has 0 radical (unpaired) electrons. The minimum Gasteiger partial charge on any atom is -0.300 e. The number of hydrogen-bond acceptors (Lipinski definition) is 3. The lowest BCUT2D eigenvalue weighted by Crippen LogP contribution is -2.19. The number of amides is 1. The van der Waals surface area contributed by atoms with E-state index in [1.54, 1.807) is 6.07 Å². The van der Waals surface area contributed by atoms with Gasteiger partial charge in [0.25, 0.3) is 5.91 Å². The maximum atomic E-state index is 13.8. The average molecular weight is 398 g/mol. The van der Waals surface area contributed by atoms with Crippen LogP contribution in [0.5, 0.6) is 0 Å². The number of nitrogens with one attached hydrogen (secondary N) is 1. The second kappa shape index (κ2) is 7.15. The van der Waals surface area contributed by atoms with Crippen molar-refractivity contribution in [2.45, 2.75) is 13.8 Å². The van der Waals surface area contributed by atoms with Gasteiger partial charge >= 0.3 is 0 Å². The number of halogens is 5. The van der Waals surface area contributed by atoms with Crippen LogP contribution < -0.4 is 5.32 Å². The van der Waals surface area contributed by atoms with Crippen LogP contribution in [0, 0.1) is 42.9 Å². The summed E-state index contributed by atoms with van der Waals surface area (Å²) in [6, 6.07) is 5.43. The molecule has 0 unspecified atom stereocenters. The molecule has 1 heterocycles. The Balaban J connectivity index is 1.98. The lowest BCUT2D eigenvalue weighted by Gasteiger charge is -2.04. The van der Waals surface area contributed by atoms with Crippen LogP contribution in [-0.2, 0) is 4.79 Å². The molecule has 2 aromatic carbocycles. The molecule has 1 aliphatic heterocycles. The average Bonchev–Trinajstić information content (AvgIpc) is 2.97. The Kier molecular flexibility index (Phi) is 5.05. The standard InChI is InChI=1S/C18H11F5N2OS/c1-7-3-4-10(8(2)5-7)24-18-25-17(26)11(27-18)6-9-12(19)14(21)16(23)15(22)13(9)20/h3-6H,1-2H3,(H,24,25,26)/b11-6+. The van der Waals surface area contributed by atoms with Gasteiger partial charge in [0.15, 0.2) is 28.4 Å². The third kappa shape index (κ3) is 3.59. The molecule has 1 amide bonds. The quantitative estimate of drug-likeness (QED) is 0.339. The second-order valence-corrected chi connectivity index (χ2v) is 6.79. The van der Waals surface area contributed by atoms with Crippen LogP contribution in [0.15, 0.2) is 28.1 Å². The van der Waals surface area contributed by atoms with E-state index in [9.17, 15) is 26.7 Å². The van der Waals surface area contributed by atoms with Crippen molar-refractivity contribution in [1.82, 2.24) is 5.32 Å². The first-order valence-corrected chi connectivity index (χ1v) is 8.39. The van der Waals surface area contributed by atoms with E-state index in [1.165, 1.54) is 0 Å². The summed E-state index contributed by atoms with van der Waals surface area (Å²) in [5.41, 5.74) is 1.25. The second-order valence-electron chi connectivity index (χ2n) is 5.76. The van der Waals surface area contributed by atoms with Gasteiger partial charge in [0.05, 0.1) is 16.2 Å². The molecule has 0 aromatic heterocycles. The lowest BCUT2D eigenvalue weighted by atomic mass is 10.1. The zero-order valence-corrected chi connectivity index (χ0v) is 14.8. The van der Waals surface area contributed by atoms with E-state index in [0.29, 0.717) is 11.8 Å². The van der Waals surface area contributed by atoms with Gasteiger partial charge in [-0.25, -0.2) is 26.9 Å². The third-order valence-electron chi connectivity index (χ3n) is 3.74. The molecule has 1 saturated heterocycles. The normalized spacial score (nSPS) is 17.1. The Morgan fingerprint density at radius 1 is 0.963 bits per heavy atom. The molecule has 3 nitrogen and oxygen atoms in total. The monoisotopic (exact) mass is 398 g/mol. The fourth-order valence-electron chi connectivity index (χ4n) is 2.40. The van der Waals surface area contributed by atoms with Crippen molar-refractivity contribution >= 4 is 34.6 Å². The summed E-state index contributed by atoms with van der Waals surface area (Å²) >= 11 is 0.733. The zero-order chi connectivity index (χ0) is 19.9. The number of aryl methyl sites for hydroxylation is 2. The highest BCUT2D eigenvalue weighted by atomic mass is 32.2. The van der Waals surface area contributed by atoms with Crippen molar-refractivity contribution in [3.05, 3.63) is 68.9 Å². The van der Waals surface area contributed by atoms with Crippen molar-refractivity contribution in [3.8, 4) is 0 Å². The van der Waals surface area contributed by atoms with E-state index in [2.05, 4.69) is 10.3 Å². The van der Waals surface area contributed by atoms with Gasteiger partial charge in [-0.2, -0.15) is 0 Å². The summed E-state index contributed by atoms with van der Waals surface area (Å²) in [7, 11) is 0. The fraction of sp³-hybridized carbons (Fsp3) is 0.111. The smallest absolute Gasteiger partial charge is 0.264 e. The molecule has 0 atom stereocenters. The van der Waals surface area contributed by atoms with E-state index in [0.717, 1.165) is 22.9 Å². The zero-order valence-electron chi connectivity index (χ0n) is 14.0. The number of aliphatic imine (C=N–C) groups is 1. The largest absolute Gasteiger partial charge is 0.300 e. The summed E-state index contributed by atoms with van der Waals surface area (Å²) in [6.45, 7) is 3.72. The molecule has 1 fully saturated rings. The van der Waals surface area contributed by atoms with Gasteiger partial charge < -0.3 is 5.32 Å². The van der Waals surface area contributed by atoms with Gasteiger partial charge in [-0.1, -0.05) is 17.7 Å². The minimum atomic E-state index is -2.26. The molecule has 2 aromatic rings. The van der Waals surface area contributed by atoms with Gasteiger partial charge in [-0.3, -0.25) is 4.79 Å². The van der Waals surface area contributed by atoms with Crippen molar-refractivity contribution in [2.75, 3.05) is 0 Å². The maximum absolute atomic E-state index is 13.8. The van der Waals surface area contributed by atoms with E-state index in [1.807, 2.05) is 26.0 Å². The first-order chi connectivity index (χ1) is 12.7. The Morgan fingerprint density at radius 2 is 1.56 bits per heavy atom. The first-order valence-electron chi connectivity index (χ1n) is 7.57. The topological polar surface area (TPSA) is 41.5 Å². The van der Waals surface area contributed by atoms with Crippen molar-refractivity contribution in [3.63, 3.8) is 0 Å². The van der Waals surface area contributed by atoms with Crippen molar-refractivity contribution < 1.29 is 26.7 Å². The molecule has 0 spiro atoms. The molecular weight excluding hydrogens is 387 g/mol. The molecule has 0 aliphatic carbocycles. The predicted octanol–water partition coefficient (Wildman–Crippen LogP) is 4.89. The van der Waals surface area contributed by atoms with Crippen molar-refractivity contribution in [2.24, 2.45) is 4.99 Å². The predicted molar refractivity (Wildman–Crippen MR) is 93.0 cm³/mol. The van der Waals surface area contributed by atoms with Gasteiger partial charge in [0.1, 0.15) is 0 Å². The number of nitrogens with zero attached hydrogens (tertiary/aromatic N) is 1. The van der Waals surface area contributed by atoms with Gasteiger partial charge in [-0.15, -0.1) is 0 Å². The molecule has 0 saturated carbocycles. The fourth-order valence-corrected chi connectivity index (χ4v) is 3.22. The molecular formula is C18H11F5N2OS. The van der Waals surface area contributed by atoms with Crippen LogP contribution in [0.4, 0.5) is 27.6 Å². The van der Waals surface area contributed by atoms with E-state index < -0.39 is 40.6 Å². The lowest BCUT2D eigenvalue weighted by molar-refractivity contribution is -0.115. The molecule has 9 heteroatoms. The molecule has 0 bridgehead atoms. The van der Waals surface area contributed by atoms with E-state index in [-0.39, 0.29) is 10.1 Å². The highest BCUT2D eigenvalue weighted by Gasteiger charge is 2.29. The van der Waals surface area contributed by atoms with Crippen LogP contribution in [0.2, 0.25) is 0 Å². The molecule has 27 heavy (non-hydrogen) atoms. The Bertz CT molecular complexity index is 1000. The Labute approximate surface area is 155 Å². The molecule has 140 valence electrons. The van der Waals surface area contributed by atoms with Crippen LogP contribution in [0.3, 0.4) is 0 Å². The Morgan fingerprint density at radius 3 is 2.15 bits per heavy atom. The number of carbonyl (C=O) groups excluding carboxylic acids is 1. The summed E-state index contributed by atoms with van der Waals surface area (Å²) < 4.78 is 67.3. The number of benzene rings is 2. The molecule has 1 aliphatic rings. The van der Waals surface area contributed by atoms with Crippen LogP contribution in [0.25, 0.3) is 6.08 Å². The molecule has 1 N–H and O–H groups in total. The number of rotatable bonds is 2. The summed E-state index contributed by atoms with van der Waals surface area (Å²) in [6.07, 6.45) is 0.612. The van der Waals surface area contributed by atoms with Crippen LogP contribution in [0.1, 0.15) is 16.7 Å². The van der Waals surface area contributed by atoms with Gasteiger partial charge in [0.2, 0.25) is 5.82 Å². The minimum absolute atomic E-state index is 0.127. The van der Waals surface area contributed by atoms with Crippen LogP contribution in [-0.4, -0.2) is 11.1 Å². The summed E-state index contributed by atoms with van der Waals surface area (Å²) in [5, 5.41) is 2.52.